The standard InChI is InChI=1S/C29H34ClN7O2/c1-17-11-13-19(14-12-17)16-37-25-24(21-9-6-10-22(30)15-21)32-28(26(31)36-39)34-27(25)35-29(37)33-23(18(2)38)20-7-4-3-5-8-20/h3-10,15,17-19,23,38-39H,11-14,16H2,1-2H3,(H2,31,36)(H,32,33,34,35)/t17-,18-,19-,23-/m0/s1. The Hall–Kier alpha value is -3.69. The zero-order valence-corrected chi connectivity index (χ0v) is 22.9. The molecule has 0 unspecified atom stereocenters. The lowest BCUT2D eigenvalue weighted by atomic mass is 9.83. The molecule has 1 aliphatic carbocycles. The highest BCUT2D eigenvalue weighted by Crippen LogP contribution is 2.36. The van der Waals surface area contributed by atoms with Crippen LogP contribution < -0.4 is 11.1 Å². The van der Waals surface area contributed by atoms with Gasteiger partial charge in [-0.2, -0.15) is 4.98 Å². The number of anilines is 1. The van der Waals surface area contributed by atoms with Gasteiger partial charge in [0.2, 0.25) is 17.6 Å². The van der Waals surface area contributed by atoms with Crippen LogP contribution in [0.2, 0.25) is 5.02 Å². The summed E-state index contributed by atoms with van der Waals surface area (Å²) in [6.45, 7) is 4.78. The first-order valence-electron chi connectivity index (χ1n) is 13.4. The number of hydrogen-bond acceptors (Lipinski definition) is 7. The molecular weight excluding hydrogens is 514 g/mol. The van der Waals surface area contributed by atoms with E-state index in [0.29, 0.717) is 34.8 Å². The van der Waals surface area contributed by atoms with Crippen molar-refractivity contribution in [3.05, 3.63) is 71.0 Å². The summed E-state index contributed by atoms with van der Waals surface area (Å²) in [4.78, 5) is 14.2. The molecule has 4 aromatic rings. The molecule has 0 radical (unpaired) electrons. The minimum absolute atomic E-state index is 0.0674. The van der Waals surface area contributed by atoms with Gasteiger partial charge in [0.05, 0.1) is 12.1 Å². The number of oxime groups is 1. The van der Waals surface area contributed by atoms with Crippen molar-refractivity contribution in [2.75, 3.05) is 5.32 Å². The fraction of sp³-hybridized carbons (Fsp3) is 0.379. The van der Waals surface area contributed by atoms with E-state index in [1.165, 1.54) is 12.8 Å². The number of halogens is 1. The quantitative estimate of drug-likeness (QED) is 0.0975. The smallest absolute Gasteiger partial charge is 0.208 e. The Morgan fingerprint density at radius 2 is 1.85 bits per heavy atom. The normalized spacial score (nSPS) is 19.6. The fourth-order valence-electron chi connectivity index (χ4n) is 5.37. The third-order valence-corrected chi connectivity index (χ3v) is 7.77. The predicted octanol–water partition coefficient (Wildman–Crippen LogP) is 5.60. The molecule has 2 aromatic carbocycles. The van der Waals surface area contributed by atoms with Gasteiger partial charge in [0.1, 0.15) is 11.2 Å². The van der Waals surface area contributed by atoms with Gasteiger partial charge in [-0.25, -0.2) is 9.97 Å². The molecule has 1 saturated carbocycles. The van der Waals surface area contributed by atoms with Gasteiger partial charge in [-0.3, -0.25) is 0 Å². The molecule has 39 heavy (non-hydrogen) atoms. The number of nitrogens with zero attached hydrogens (tertiary/aromatic N) is 5. The van der Waals surface area contributed by atoms with Gasteiger partial charge in [0.25, 0.3) is 0 Å². The summed E-state index contributed by atoms with van der Waals surface area (Å²) < 4.78 is 2.13. The van der Waals surface area contributed by atoms with Crippen molar-refractivity contribution in [3.63, 3.8) is 0 Å². The van der Waals surface area contributed by atoms with Crippen LogP contribution >= 0.6 is 11.6 Å². The number of fused-ring (bicyclic) bond motifs is 1. The monoisotopic (exact) mass is 547 g/mol. The minimum Gasteiger partial charge on any atom is -0.409 e. The molecule has 0 spiro atoms. The van der Waals surface area contributed by atoms with Gasteiger partial charge in [-0.15, -0.1) is 0 Å². The number of aliphatic hydroxyl groups is 1. The van der Waals surface area contributed by atoms with Crippen LogP contribution in [0.5, 0.6) is 0 Å². The molecule has 1 aliphatic rings. The molecule has 2 atom stereocenters. The van der Waals surface area contributed by atoms with Crippen LogP contribution in [0.25, 0.3) is 22.4 Å². The van der Waals surface area contributed by atoms with E-state index in [2.05, 4.69) is 26.9 Å². The molecule has 0 saturated heterocycles. The van der Waals surface area contributed by atoms with E-state index in [1.807, 2.05) is 48.5 Å². The maximum atomic E-state index is 10.8. The number of aromatic nitrogens is 4. The van der Waals surface area contributed by atoms with Gasteiger partial charge in [-0.05, 0) is 49.3 Å². The van der Waals surface area contributed by atoms with Gasteiger partial charge in [0, 0.05) is 17.1 Å². The minimum atomic E-state index is -0.692. The number of amidine groups is 1. The van der Waals surface area contributed by atoms with Crippen molar-refractivity contribution in [1.29, 1.82) is 0 Å². The molecule has 9 nitrogen and oxygen atoms in total. The van der Waals surface area contributed by atoms with Gasteiger partial charge in [-0.1, -0.05) is 79.0 Å². The molecule has 10 heteroatoms. The number of rotatable bonds is 8. The topological polar surface area (TPSA) is 134 Å². The van der Waals surface area contributed by atoms with E-state index in [-0.39, 0.29) is 11.7 Å². The third kappa shape index (κ3) is 5.84. The van der Waals surface area contributed by atoms with Crippen LogP contribution in [0, 0.1) is 11.8 Å². The summed E-state index contributed by atoms with van der Waals surface area (Å²) in [5, 5.41) is 27.3. The highest BCUT2D eigenvalue weighted by Gasteiger charge is 2.27. The summed E-state index contributed by atoms with van der Waals surface area (Å²) in [5.74, 6) is 1.61. The van der Waals surface area contributed by atoms with Crippen LogP contribution in [0.1, 0.15) is 57.0 Å². The molecule has 1 fully saturated rings. The Balaban J connectivity index is 1.71. The number of nitrogens with one attached hydrogen (secondary N) is 1. The van der Waals surface area contributed by atoms with E-state index in [9.17, 15) is 10.3 Å². The Morgan fingerprint density at radius 3 is 2.51 bits per heavy atom. The van der Waals surface area contributed by atoms with E-state index in [4.69, 9.17) is 27.3 Å². The average Bonchev–Trinajstić information content (AvgIpc) is 3.28. The van der Waals surface area contributed by atoms with E-state index in [0.717, 1.165) is 35.4 Å². The van der Waals surface area contributed by atoms with Crippen molar-refractivity contribution in [2.45, 2.75) is 58.2 Å². The molecule has 2 aromatic heterocycles. The van der Waals surface area contributed by atoms with Crippen molar-refractivity contribution >= 4 is 34.5 Å². The molecule has 204 valence electrons. The van der Waals surface area contributed by atoms with Crippen molar-refractivity contribution in [3.8, 4) is 11.3 Å². The lowest BCUT2D eigenvalue weighted by Gasteiger charge is -2.28. The van der Waals surface area contributed by atoms with Gasteiger partial charge in [0.15, 0.2) is 5.65 Å². The number of aliphatic hydroxyl groups excluding tert-OH is 1. The Bertz CT molecular complexity index is 1460. The highest BCUT2D eigenvalue weighted by atomic mass is 35.5. The highest BCUT2D eigenvalue weighted by molar-refractivity contribution is 6.30. The Labute approximate surface area is 232 Å². The summed E-state index contributed by atoms with van der Waals surface area (Å²) in [6, 6.07) is 16.8. The third-order valence-electron chi connectivity index (χ3n) is 7.54. The van der Waals surface area contributed by atoms with E-state index < -0.39 is 12.1 Å². The maximum Gasteiger partial charge on any atom is 0.208 e. The Kier molecular flexibility index (Phi) is 7.99. The number of benzene rings is 2. The number of imidazole rings is 1. The number of nitrogens with two attached hydrogens (primary N) is 1. The van der Waals surface area contributed by atoms with Crippen LogP contribution in [-0.2, 0) is 6.54 Å². The molecule has 0 bridgehead atoms. The number of hydrogen-bond donors (Lipinski definition) is 4. The average molecular weight is 548 g/mol. The second kappa shape index (κ2) is 11.6. The van der Waals surface area contributed by atoms with Gasteiger partial charge >= 0.3 is 0 Å². The fourth-order valence-corrected chi connectivity index (χ4v) is 5.56. The summed E-state index contributed by atoms with van der Waals surface area (Å²) in [7, 11) is 0. The van der Waals surface area contributed by atoms with Crippen molar-refractivity contribution in [1.82, 2.24) is 19.5 Å². The molecule has 5 rings (SSSR count). The molecule has 2 heterocycles. The summed E-state index contributed by atoms with van der Waals surface area (Å²) in [5.41, 5.74) is 9.36. The predicted molar refractivity (Wildman–Crippen MR) is 154 cm³/mol. The van der Waals surface area contributed by atoms with Crippen molar-refractivity contribution in [2.24, 2.45) is 22.7 Å². The summed E-state index contributed by atoms with van der Waals surface area (Å²) in [6.07, 6.45) is 3.92. The zero-order chi connectivity index (χ0) is 27.5. The first-order valence-corrected chi connectivity index (χ1v) is 13.7. The lowest BCUT2D eigenvalue weighted by molar-refractivity contribution is 0.171. The maximum absolute atomic E-state index is 10.8. The lowest BCUT2D eigenvalue weighted by Crippen LogP contribution is -2.26. The van der Waals surface area contributed by atoms with Crippen LogP contribution in [0.3, 0.4) is 0 Å². The molecule has 0 aliphatic heterocycles. The van der Waals surface area contributed by atoms with Crippen LogP contribution in [0.15, 0.2) is 59.8 Å². The van der Waals surface area contributed by atoms with Crippen LogP contribution in [-0.4, -0.2) is 41.8 Å². The second-order valence-electron chi connectivity index (χ2n) is 10.5. The van der Waals surface area contributed by atoms with E-state index in [1.54, 1.807) is 13.0 Å². The summed E-state index contributed by atoms with van der Waals surface area (Å²) >= 11 is 6.37. The van der Waals surface area contributed by atoms with Crippen LogP contribution in [0.4, 0.5) is 5.95 Å². The van der Waals surface area contributed by atoms with E-state index >= 15 is 0 Å². The first-order chi connectivity index (χ1) is 18.8. The second-order valence-corrected chi connectivity index (χ2v) is 10.9. The van der Waals surface area contributed by atoms with Crippen molar-refractivity contribution < 1.29 is 10.3 Å². The molecule has 0 amide bonds. The first kappa shape index (κ1) is 26.9. The SMILES string of the molecule is C[C@H](O)[C@H](Nc1nc2nc(/C(N)=N/O)nc(-c3cccc(Cl)c3)c2n1C[C@H]1CC[C@H](C)CC1)c1ccccc1. The van der Waals surface area contributed by atoms with Gasteiger partial charge < -0.3 is 25.9 Å². The zero-order valence-electron chi connectivity index (χ0n) is 22.1. The molecule has 5 N–H and O–H groups in total. The molecular formula is C29H34ClN7O2. The largest absolute Gasteiger partial charge is 0.409 e. The Morgan fingerprint density at radius 1 is 1.10 bits per heavy atom.